The van der Waals surface area contributed by atoms with E-state index in [1.807, 2.05) is 0 Å². The second-order valence-corrected chi connectivity index (χ2v) is 12.2. The Morgan fingerprint density at radius 2 is 1.30 bits per heavy atom. The van der Waals surface area contributed by atoms with Crippen molar-refractivity contribution in [1.29, 1.82) is 0 Å². The molecule has 15 heteroatoms. The van der Waals surface area contributed by atoms with Crippen LogP contribution in [0.3, 0.4) is 0 Å². The van der Waals surface area contributed by atoms with Gasteiger partial charge in [0.1, 0.15) is 61.5 Å². The smallest absolute Gasteiger partial charge is 0.407 e. The minimum Gasteiger partial charge on any atom is -0.463 e. The number of aliphatic hydroxyl groups is 7. The summed E-state index contributed by atoms with van der Waals surface area (Å²) in [7, 11) is 0. The van der Waals surface area contributed by atoms with Gasteiger partial charge in [-0.2, -0.15) is 0 Å². The molecule has 2 fully saturated rings. The fourth-order valence-corrected chi connectivity index (χ4v) is 5.63. The molecule has 0 bridgehead atoms. The monoisotopic (exact) mass is 663 g/mol. The highest BCUT2D eigenvalue weighted by atomic mass is 16.8. The Hall–Kier alpha value is -1.92. The maximum Gasteiger partial charge on any atom is 0.407 e. The molecule has 15 nitrogen and oxygen atoms in total. The Morgan fingerprint density at radius 1 is 0.717 bits per heavy atom. The number of hydrogen-bond donors (Lipinski definition) is 8. The van der Waals surface area contributed by atoms with E-state index in [1.54, 1.807) is 0 Å². The van der Waals surface area contributed by atoms with Gasteiger partial charge in [0.05, 0.1) is 6.61 Å². The molecule has 46 heavy (non-hydrogen) atoms. The molecule has 266 valence electrons. The van der Waals surface area contributed by atoms with Crippen LogP contribution in [0.2, 0.25) is 0 Å². The molecule has 1 amide bonds. The van der Waals surface area contributed by atoms with Crippen LogP contribution in [0.25, 0.3) is 0 Å². The lowest BCUT2D eigenvalue weighted by atomic mass is 9.98. The van der Waals surface area contributed by atoms with Gasteiger partial charge in [0.15, 0.2) is 12.6 Å². The highest BCUT2D eigenvalue weighted by Gasteiger charge is 2.49. The van der Waals surface area contributed by atoms with E-state index in [4.69, 9.17) is 23.7 Å². The SMILES string of the molecule is O=C(CCCCCCCCCNC(=O)OC1CC/C=C/CCC1)OCC1O[C@H](O[C@H]2OC(CO)[C@@H](O)C(O)C2O)C(O)C(O)[C@@H]1O. The number of aliphatic hydroxyl groups excluding tert-OH is 7. The highest BCUT2D eigenvalue weighted by molar-refractivity contribution is 5.69. The molecule has 2 saturated heterocycles. The van der Waals surface area contributed by atoms with Crippen molar-refractivity contribution in [3.8, 4) is 0 Å². The number of esters is 1. The van der Waals surface area contributed by atoms with Crippen molar-refractivity contribution in [2.24, 2.45) is 0 Å². The maximum absolute atomic E-state index is 12.3. The summed E-state index contributed by atoms with van der Waals surface area (Å²) in [5, 5.41) is 73.1. The van der Waals surface area contributed by atoms with Gasteiger partial charge >= 0.3 is 12.1 Å². The highest BCUT2D eigenvalue weighted by Crippen LogP contribution is 2.28. The molecule has 0 aromatic rings. The van der Waals surface area contributed by atoms with Crippen molar-refractivity contribution in [1.82, 2.24) is 5.32 Å². The summed E-state index contributed by atoms with van der Waals surface area (Å²) in [5.74, 6) is -0.531. The number of nitrogens with one attached hydrogen (secondary N) is 1. The van der Waals surface area contributed by atoms with Crippen LogP contribution in [0.1, 0.15) is 83.5 Å². The molecule has 7 unspecified atom stereocenters. The number of alkyl carbamates (subject to hydrolysis) is 1. The second kappa shape index (κ2) is 20.4. The minimum atomic E-state index is -1.79. The molecule has 0 aromatic carbocycles. The van der Waals surface area contributed by atoms with E-state index in [9.17, 15) is 45.3 Å². The Morgan fingerprint density at radius 3 is 1.98 bits per heavy atom. The van der Waals surface area contributed by atoms with Gasteiger partial charge in [-0.1, -0.05) is 44.3 Å². The molecule has 0 aromatic heterocycles. The van der Waals surface area contributed by atoms with Crippen LogP contribution in [-0.4, -0.2) is 135 Å². The summed E-state index contributed by atoms with van der Waals surface area (Å²) in [6.45, 7) is -0.569. The van der Waals surface area contributed by atoms with Crippen LogP contribution >= 0.6 is 0 Å². The number of amides is 1. The quantitative estimate of drug-likeness (QED) is 0.0612. The first-order chi connectivity index (χ1) is 22.1. The molecule has 3 rings (SSSR count). The largest absolute Gasteiger partial charge is 0.463 e. The molecular formula is C31H53NO14. The fraction of sp³-hybridized carbons (Fsp3) is 0.871. The zero-order valence-electron chi connectivity index (χ0n) is 26.3. The van der Waals surface area contributed by atoms with Gasteiger partial charge in [0.2, 0.25) is 0 Å². The van der Waals surface area contributed by atoms with E-state index in [0.29, 0.717) is 13.0 Å². The van der Waals surface area contributed by atoms with Crippen molar-refractivity contribution in [3.05, 3.63) is 12.2 Å². The molecule has 2 heterocycles. The molecule has 0 spiro atoms. The van der Waals surface area contributed by atoms with Crippen LogP contribution < -0.4 is 5.32 Å². The number of rotatable bonds is 16. The first-order valence-electron chi connectivity index (χ1n) is 16.5. The van der Waals surface area contributed by atoms with E-state index >= 15 is 0 Å². The average Bonchev–Trinajstić information content (AvgIpc) is 3.02. The van der Waals surface area contributed by atoms with Crippen molar-refractivity contribution >= 4 is 12.1 Å². The van der Waals surface area contributed by atoms with Gasteiger partial charge in [-0.3, -0.25) is 4.79 Å². The third kappa shape index (κ3) is 12.3. The van der Waals surface area contributed by atoms with Crippen LogP contribution in [0.15, 0.2) is 12.2 Å². The molecule has 0 saturated carbocycles. The maximum atomic E-state index is 12.3. The first kappa shape index (κ1) is 38.5. The minimum absolute atomic E-state index is 0.0172. The third-order valence-electron chi connectivity index (χ3n) is 8.51. The van der Waals surface area contributed by atoms with Gasteiger partial charge in [-0.15, -0.1) is 0 Å². The summed E-state index contributed by atoms with van der Waals surface area (Å²) < 4.78 is 26.8. The normalized spacial score (nSPS) is 35.8. The summed E-state index contributed by atoms with van der Waals surface area (Å²) in [4.78, 5) is 24.3. The van der Waals surface area contributed by atoms with Crippen molar-refractivity contribution in [3.63, 3.8) is 0 Å². The lowest BCUT2D eigenvalue weighted by Crippen LogP contribution is -2.63. The lowest BCUT2D eigenvalue weighted by Gasteiger charge is -2.44. The zero-order chi connectivity index (χ0) is 33.5. The van der Waals surface area contributed by atoms with Crippen molar-refractivity contribution in [2.75, 3.05) is 19.8 Å². The van der Waals surface area contributed by atoms with E-state index in [0.717, 1.165) is 70.6 Å². The molecule has 2 aliphatic heterocycles. The van der Waals surface area contributed by atoms with Crippen LogP contribution in [-0.2, 0) is 28.5 Å². The number of ether oxygens (including phenoxy) is 5. The van der Waals surface area contributed by atoms with Gasteiger partial charge in [0, 0.05) is 13.0 Å². The predicted molar refractivity (Wildman–Crippen MR) is 160 cm³/mol. The van der Waals surface area contributed by atoms with Crippen molar-refractivity contribution in [2.45, 2.75) is 151 Å². The molecular weight excluding hydrogens is 610 g/mol. The van der Waals surface area contributed by atoms with E-state index in [1.165, 1.54) is 0 Å². The Labute approximate surface area is 269 Å². The van der Waals surface area contributed by atoms with Crippen LogP contribution in [0, 0.1) is 0 Å². The topological polar surface area (TPSA) is 234 Å². The van der Waals surface area contributed by atoms with E-state index in [-0.39, 0.29) is 18.6 Å². The van der Waals surface area contributed by atoms with Gasteiger partial charge < -0.3 is 64.7 Å². The van der Waals surface area contributed by atoms with Gasteiger partial charge in [-0.05, 0) is 44.9 Å². The fourth-order valence-electron chi connectivity index (χ4n) is 5.63. The number of carbonyl (C=O) groups is 2. The molecule has 3 aliphatic rings. The van der Waals surface area contributed by atoms with Gasteiger partial charge in [0.25, 0.3) is 0 Å². The molecule has 0 radical (unpaired) electrons. The zero-order valence-corrected chi connectivity index (χ0v) is 26.3. The van der Waals surface area contributed by atoms with Crippen molar-refractivity contribution < 1.29 is 69.0 Å². The second-order valence-electron chi connectivity index (χ2n) is 12.2. The molecule has 1 aliphatic carbocycles. The Kier molecular flexibility index (Phi) is 17.1. The number of allylic oxidation sites excluding steroid dienone is 2. The van der Waals surface area contributed by atoms with Gasteiger partial charge in [-0.25, -0.2) is 4.79 Å². The summed E-state index contributed by atoms with van der Waals surface area (Å²) in [6, 6.07) is 0. The summed E-state index contributed by atoms with van der Waals surface area (Å²) >= 11 is 0. The first-order valence-corrected chi connectivity index (χ1v) is 16.5. The average molecular weight is 664 g/mol. The predicted octanol–water partition coefficient (Wildman–Crippen LogP) is -0.110. The number of carbonyl (C=O) groups excluding carboxylic acids is 2. The Balaban J connectivity index is 1.24. The van der Waals surface area contributed by atoms with Crippen LogP contribution in [0.4, 0.5) is 4.79 Å². The standard InChI is InChI=1S/C31H53NO14/c33-17-20-23(35)25(37)27(39)29(44-20)46-30-28(40)26(38)24(36)21(45-30)18-42-22(34)15-11-7-2-1-3-8-12-16-32-31(41)43-19-13-9-5-4-6-10-14-19/h4-5,19-21,23-30,33,35-40H,1-3,6-18H2,(H,32,41)/b5-4+/t19?,20?,21?,23-,24-,25?,26?,27?,28?,29-,30-/m1/s1. The molecule has 8 N–H and O–H groups in total. The number of hydrogen-bond acceptors (Lipinski definition) is 14. The van der Waals surface area contributed by atoms with Crippen LogP contribution in [0.5, 0.6) is 0 Å². The lowest BCUT2D eigenvalue weighted by molar-refractivity contribution is -0.376. The summed E-state index contributed by atoms with van der Waals surface area (Å²) in [6.07, 6.45) is -1.13. The third-order valence-corrected chi connectivity index (χ3v) is 8.51. The van der Waals surface area contributed by atoms with E-state index in [2.05, 4.69) is 17.5 Å². The molecule has 11 atom stereocenters. The van der Waals surface area contributed by atoms with E-state index < -0.39 is 80.6 Å². The number of unbranched alkanes of at least 4 members (excludes halogenated alkanes) is 6. The Bertz CT molecular complexity index is 922. The summed E-state index contributed by atoms with van der Waals surface area (Å²) in [5.41, 5.74) is 0.